The standard InChI is InChI=1S/C28H28ClNO3S2/c1-34-27(35(2)32)18-20-5-14-26(25(17-20)21-6-7-21)33-24-12-8-22(9-13-24)28(31)30-16-15-19-3-10-23(29)11-4-19/h3-5,8-14,17-18,21H,6-7,15-16H2,1-2H3,(H,30,31)/b27-18+. The third kappa shape index (κ3) is 7.31. The Balaban J connectivity index is 1.38. The van der Waals surface area contributed by atoms with E-state index in [0.717, 1.165) is 40.4 Å². The molecule has 7 heteroatoms. The van der Waals surface area contributed by atoms with Crippen molar-refractivity contribution in [2.24, 2.45) is 0 Å². The molecule has 0 aromatic heterocycles. The summed E-state index contributed by atoms with van der Waals surface area (Å²) in [4.78, 5) is 12.5. The molecule has 4 rings (SSSR count). The van der Waals surface area contributed by atoms with Crippen molar-refractivity contribution < 1.29 is 14.1 Å². The summed E-state index contributed by atoms with van der Waals surface area (Å²) in [5.41, 5.74) is 3.92. The van der Waals surface area contributed by atoms with Crippen LogP contribution in [-0.2, 0) is 17.6 Å². The van der Waals surface area contributed by atoms with Gasteiger partial charge < -0.3 is 14.6 Å². The van der Waals surface area contributed by atoms with Crippen LogP contribution in [0, 0.1) is 0 Å². The number of hydrogen-bond donors (Lipinski definition) is 1. The van der Waals surface area contributed by atoms with Crippen molar-refractivity contribution in [2.45, 2.75) is 25.2 Å². The van der Waals surface area contributed by atoms with E-state index < -0.39 is 11.2 Å². The summed E-state index contributed by atoms with van der Waals surface area (Å²) in [5, 5.41) is 3.66. The van der Waals surface area contributed by atoms with Crippen molar-refractivity contribution in [3.05, 3.63) is 98.2 Å². The number of ether oxygens (including phenoxy) is 1. The fraction of sp³-hybridized carbons (Fsp3) is 0.250. The first-order chi connectivity index (χ1) is 16.9. The zero-order valence-corrected chi connectivity index (χ0v) is 22.1. The van der Waals surface area contributed by atoms with E-state index in [2.05, 4.69) is 11.4 Å². The van der Waals surface area contributed by atoms with Crippen LogP contribution in [0.2, 0.25) is 5.02 Å². The van der Waals surface area contributed by atoms with E-state index in [1.807, 2.05) is 60.9 Å². The molecule has 35 heavy (non-hydrogen) atoms. The highest BCUT2D eigenvalue weighted by molar-refractivity contribution is 8.18. The third-order valence-electron chi connectivity index (χ3n) is 5.78. The Bertz CT molecular complexity index is 1190. The number of amides is 1. The van der Waals surface area contributed by atoms with Gasteiger partial charge >= 0.3 is 0 Å². The Hall–Kier alpha value is -2.38. The maximum Gasteiger partial charge on any atom is 0.251 e. The molecule has 182 valence electrons. The third-order valence-corrected chi connectivity index (χ3v) is 8.44. The van der Waals surface area contributed by atoms with Gasteiger partial charge in [-0.15, -0.1) is 0 Å². The maximum atomic E-state index is 12.5. The summed E-state index contributed by atoms with van der Waals surface area (Å²) in [6.45, 7) is 0.550. The van der Waals surface area contributed by atoms with Crippen LogP contribution in [0.25, 0.3) is 6.08 Å². The summed E-state index contributed by atoms with van der Waals surface area (Å²) in [5.74, 6) is 1.90. The molecule has 1 atom stereocenters. The minimum atomic E-state index is -1.01. The molecule has 1 aliphatic carbocycles. The molecule has 3 aromatic rings. The first-order valence-corrected chi connectivity index (χ1v) is 14.6. The normalized spacial score (nSPS) is 14.5. The monoisotopic (exact) mass is 525 g/mol. The van der Waals surface area contributed by atoms with Gasteiger partial charge in [0.1, 0.15) is 17.8 Å². The molecule has 0 radical (unpaired) electrons. The number of halogens is 1. The molecule has 0 aliphatic heterocycles. The SMILES string of the molecule is CS/C(=C\c1ccc(Oc2ccc(C(=O)NCCc3ccc(Cl)cc3)cc2)c(C2CC2)c1)[S+](C)[O-]. The highest BCUT2D eigenvalue weighted by Crippen LogP contribution is 2.46. The van der Waals surface area contributed by atoms with Crippen LogP contribution < -0.4 is 10.1 Å². The molecule has 1 saturated carbocycles. The zero-order valence-electron chi connectivity index (χ0n) is 19.8. The molecule has 0 heterocycles. The average molecular weight is 526 g/mol. The Morgan fingerprint density at radius 1 is 1.14 bits per heavy atom. The highest BCUT2D eigenvalue weighted by Gasteiger charge is 2.27. The van der Waals surface area contributed by atoms with Crippen LogP contribution in [0.4, 0.5) is 0 Å². The van der Waals surface area contributed by atoms with E-state index in [1.165, 1.54) is 17.3 Å². The number of nitrogens with one attached hydrogen (secondary N) is 1. The van der Waals surface area contributed by atoms with Crippen LogP contribution in [0.5, 0.6) is 11.5 Å². The largest absolute Gasteiger partial charge is 0.611 e. The predicted octanol–water partition coefficient (Wildman–Crippen LogP) is 7.02. The number of carbonyl (C=O) groups excluding carboxylic acids is 1. The van der Waals surface area contributed by atoms with Gasteiger partial charge in [0.2, 0.25) is 0 Å². The second kappa shape index (κ2) is 12.0. The minimum absolute atomic E-state index is 0.113. The maximum absolute atomic E-state index is 12.5. The van der Waals surface area contributed by atoms with Gasteiger partial charge in [-0.25, -0.2) is 0 Å². The molecule has 1 unspecified atom stereocenters. The smallest absolute Gasteiger partial charge is 0.251 e. The predicted molar refractivity (Wildman–Crippen MR) is 148 cm³/mol. The lowest BCUT2D eigenvalue weighted by Gasteiger charge is -2.13. The van der Waals surface area contributed by atoms with Gasteiger partial charge in [-0.1, -0.05) is 41.6 Å². The summed E-state index contributed by atoms with van der Waals surface area (Å²) in [7, 11) is 0. The lowest BCUT2D eigenvalue weighted by atomic mass is 10.1. The quantitative estimate of drug-likeness (QED) is 0.289. The topological polar surface area (TPSA) is 61.4 Å². The van der Waals surface area contributed by atoms with Crippen molar-refractivity contribution in [3.63, 3.8) is 0 Å². The first-order valence-electron chi connectivity index (χ1n) is 11.5. The fourth-order valence-electron chi connectivity index (χ4n) is 3.73. The van der Waals surface area contributed by atoms with Gasteiger partial charge in [-0.3, -0.25) is 4.79 Å². The number of hydrogen-bond acceptors (Lipinski definition) is 4. The summed E-state index contributed by atoms with van der Waals surface area (Å²) < 4.78 is 18.9. The molecule has 1 N–H and O–H groups in total. The molecular weight excluding hydrogens is 498 g/mol. The average Bonchev–Trinajstić information content (AvgIpc) is 3.70. The van der Waals surface area contributed by atoms with Crippen LogP contribution in [0.3, 0.4) is 0 Å². The van der Waals surface area contributed by atoms with Crippen LogP contribution in [0.15, 0.2) is 71.0 Å². The second-order valence-corrected chi connectivity index (χ2v) is 11.3. The summed E-state index contributed by atoms with van der Waals surface area (Å²) in [6, 6.07) is 21.0. The van der Waals surface area contributed by atoms with Gasteiger partial charge in [0.05, 0.1) is 0 Å². The first kappa shape index (κ1) is 25.7. The van der Waals surface area contributed by atoms with E-state index in [0.29, 0.717) is 28.8 Å². The van der Waals surface area contributed by atoms with Gasteiger partial charge in [0, 0.05) is 23.2 Å². The van der Waals surface area contributed by atoms with E-state index in [1.54, 1.807) is 18.4 Å². The van der Waals surface area contributed by atoms with E-state index in [9.17, 15) is 9.35 Å². The van der Waals surface area contributed by atoms with Crippen molar-refractivity contribution in [1.82, 2.24) is 5.32 Å². The number of benzene rings is 3. The Labute approximate surface area is 219 Å². The van der Waals surface area contributed by atoms with Gasteiger partial charge in [0.15, 0.2) is 4.24 Å². The van der Waals surface area contributed by atoms with Crippen molar-refractivity contribution in [2.75, 3.05) is 19.1 Å². The molecule has 1 aliphatic rings. The molecule has 1 fully saturated rings. The molecule has 0 bridgehead atoms. The van der Waals surface area contributed by atoms with Gasteiger partial charge in [-0.2, -0.15) is 0 Å². The minimum Gasteiger partial charge on any atom is -0.611 e. The second-order valence-electron chi connectivity index (χ2n) is 8.45. The molecule has 0 saturated heterocycles. The Morgan fingerprint density at radius 2 is 1.86 bits per heavy atom. The Kier molecular flexibility index (Phi) is 8.84. The fourth-order valence-corrected chi connectivity index (χ4v) is 5.35. The highest BCUT2D eigenvalue weighted by atomic mass is 35.5. The van der Waals surface area contributed by atoms with Gasteiger partial charge in [0.25, 0.3) is 5.91 Å². The Morgan fingerprint density at radius 3 is 2.49 bits per heavy atom. The molecular formula is C28H28ClNO3S2. The van der Waals surface area contributed by atoms with Crippen LogP contribution in [0.1, 0.15) is 45.8 Å². The lowest BCUT2D eigenvalue weighted by Crippen LogP contribution is -2.25. The number of thioether (sulfide) groups is 1. The molecule has 4 nitrogen and oxygen atoms in total. The van der Waals surface area contributed by atoms with E-state index in [-0.39, 0.29) is 5.91 Å². The lowest BCUT2D eigenvalue weighted by molar-refractivity contribution is 0.0954. The van der Waals surface area contributed by atoms with Crippen molar-refractivity contribution in [1.29, 1.82) is 0 Å². The van der Waals surface area contributed by atoms with Gasteiger partial charge in [-0.05, 0) is 108 Å². The number of carbonyl (C=O) groups is 1. The molecule has 0 spiro atoms. The van der Waals surface area contributed by atoms with E-state index >= 15 is 0 Å². The summed E-state index contributed by atoms with van der Waals surface area (Å²) >= 11 is 6.42. The number of rotatable bonds is 10. The van der Waals surface area contributed by atoms with Crippen molar-refractivity contribution in [3.8, 4) is 11.5 Å². The van der Waals surface area contributed by atoms with Crippen LogP contribution >= 0.6 is 23.4 Å². The zero-order chi connectivity index (χ0) is 24.8. The molecule has 3 aromatic carbocycles. The van der Waals surface area contributed by atoms with Crippen molar-refractivity contribution >= 4 is 46.5 Å². The van der Waals surface area contributed by atoms with E-state index in [4.69, 9.17) is 16.3 Å². The van der Waals surface area contributed by atoms with Crippen LogP contribution in [-0.4, -0.2) is 29.5 Å². The summed E-state index contributed by atoms with van der Waals surface area (Å²) in [6.07, 6.45) is 8.66. The molecule has 1 amide bonds.